The highest BCUT2D eigenvalue weighted by Crippen LogP contribution is 2.27. The van der Waals surface area contributed by atoms with Gasteiger partial charge < -0.3 is 20.5 Å². The van der Waals surface area contributed by atoms with Crippen LogP contribution in [0.3, 0.4) is 0 Å². The van der Waals surface area contributed by atoms with Crippen LogP contribution in [0.15, 0.2) is 54.6 Å². The van der Waals surface area contributed by atoms with Crippen LogP contribution in [0.4, 0.5) is 16.2 Å². The molecule has 0 unspecified atom stereocenters. The summed E-state index contributed by atoms with van der Waals surface area (Å²) in [6.45, 7) is 2.39. The first kappa shape index (κ1) is 19.9. The molecule has 8 nitrogen and oxygen atoms in total. The Hall–Kier alpha value is -4.01. The number of hydrogen-bond donors (Lipinski definition) is 2. The first-order chi connectivity index (χ1) is 15.6. The van der Waals surface area contributed by atoms with E-state index in [0.29, 0.717) is 61.0 Å². The van der Waals surface area contributed by atoms with Gasteiger partial charge in [0.05, 0.1) is 6.42 Å². The summed E-state index contributed by atoms with van der Waals surface area (Å²) in [5, 5.41) is 0. The highest BCUT2D eigenvalue weighted by atomic mass is 19.1. The summed E-state index contributed by atoms with van der Waals surface area (Å²) in [5.41, 5.74) is 8.63. The highest BCUT2D eigenvalue weighted by molar-refractivity contribution is 5.87. The molecule has 1 fully saturated rings. The van der Waals surface area contributed by atoms with Crippen LogP contribution in [0.5, 0.6) is 0 Å². The van der Waals surface area contributed by atoms with Gasteiger partial charge in [0.25, 0.3) is 0 Å². The number of fused-ring (bicyclic) bond motifs is 1. The first-order valence-electron chi connectivity index (χ1n) is 10.4. The molecule has 32 heavy (non-hydrogen) atoms. The molecule has 0 atom stereocenters. The van der Waals surface area contributed by atoms with E-state index in [9.17, 15) is 9.18 Å². The van der Waals surface area contributed by atoms with Gasteiger partial charge in [-0.2, -0.15) is 9.97 Å². The number of rotatable bonds is 4. The van der Waals surface area contributed by atoms with Crippen molar-refractivity contribution in [3.8, 4) is 11.4 Å². The van der Waals surface area contributed by atoms with Crippen LogP contribution >= 0.6 is 0 Å². The molecule has 9 heteroatoms. The second-order valence-electron chi connectivity index (χ2n) is 7.73. The number of aromatic nitrogens is 4. The minimum atomic E-state index is -0.343. The predicted molar refractivity (Wildman–Crippen MR) is 120 cm³/mol. The number of halogens is 1. The van der Waals surface area contributed by atoms with E-state index in [1.165, 1.54) is 12.1 Å². The van der Waals surface area contributed by atoms with Crippen LogP contribution in [-0.4, -0.2) is 56.9 Å². The molecule has 0 radical (unpaired) electrons. The van der Waals surface area contributed by atoms with Crippen LogP contribution in [0, 0.1) is 5.82 Å². The smallest absolute Gasteiger partial charge is 0.227 e. The average Bonchev–Trinajstić information content (AvgIpc) is 3.23. The van der Waals surface area contributed by atoms with Crippen molar-refractivity contribution in [3.05, 3.63) is 66.0 Å². The number of anilines is 2. The third-order valence-electron chi connectivity index (χ3n) is 5.58. The van der Waals surface area contributed by atoms with Gasteiger partial charge in [-0.05, 0) is 17.7 Å². The number of benzene rings is 2. The Bertz CT molecular complexity index is 1270. The van der Waals surface area contributed by atoms with E-state index in [0.717, 1.165) is 5.56 Å². The molecule has 0 spiro atoms. The number of nitrogens with one attached hydrogen (secondary N) is 1. The number of H-pyrrole nitrogens is 1. The molecule has 3 N–H and O–H groups in total. The maximum Gasteiger partial charge on any atom is 0.227 e. The zero-order chi connectivity index (χ0) is 22.1. The van der Waals surface area contributed by atoms with Gasteiger partial charge in [0.15, 0.2) is 11.5 Å². The molecule has 0 saturated carbocycles. The van der Waals surface area contributed by atoms with Gasteiger partial charge in [-0.15, -0.1) is 0 Å². The lowest BCUT2D eigenvalue weighted by Crippen LogP contribution is -2.49. The molecule has 5 rings (SSSR count). The van der Waals surface area contributed by atoms with Gasteiger partial charge in [-0.25, -0.2) is 9.37 Å². The van der Waals surface area contributed by atoms with Crippen molar-refractivity contribution >= 4 is 28.8 Å². The zero-order valence-corrected chi connectivity index (χ0v) is 17.3. The Morgan fingerprint density at radius 1 is 1.00 bits per heavy atom. The van der Waals surface area contributed by atoms with Crippen LogP contribution in [0.1, 0.15) is 5.56 Å². The van der Waals surface area contributed by atoms with Gasteiger partial charge >= 0.3 is 0 Å². The van der Waals surface area contributed by atoms with E-state index in [1.807, 2.05) is 35.2 Å². The number of aromatic amines is 1. The minimum absolute atomic E-state index is 0.109. The van der Waals surface area contributed by atoms with Crippen molar-refractivity contribution in [1.82, 2.24) is 24.8 Å². The molecule has 1 saturated heterocycles. The van der Waals surface area contributed by atoms with E-state index >= 15 is 0 Å². The quantitative estimate of drug-likeness (QED) is 0.515. The molecule has 162 valence electrons. The van der Waals surface area contributed by atoms with E-state index in [4.69, 9.17) is 5.73 Å². The van der Waals surface area contributed by atoms with Crippen molar-refractivity contribution < 1.29 is 9.18 Å². The minimum Gasteiger partial charge on any atom is -0.368 e. The number of carbonyl (C=O) groups is 1. The van der Waals surface area contributed by atoms with Crippen LogP contribution in [-0.2, 0) is 11.2 Å². The van der Waals surface area contributed by atoms with Gasteiger partial charge in [-0.3, -0.25) is 4.79 Å². The fraction of sp³-hybridized carbons (Fsp3) is 0.217. The van der Waals surface area contributed by atoms with Crippen LogP contribution < -0.4 is 10.6 Å². The second kappa shape index (κ2) is 8.26. The maximum absolute atomic E-state index is 13.7. The summed E-state index contributed by atoms with van der Waals surface area (Å²) in [6, 6.07) is 15.9. The van der Waals surface area contributed by atoms with Crippen molar-refractivity contribution in [3.63, 3.8) is 0 Å². The van der Waals surface area contributed by atoms with Gasteiger partial charge in [0, 0.05) is 31.7 Å². The van der Waals surface area contributed by atoms with Gasteiger partial charge in [0.1, 0.15) is 17.2 Å². The zero-order valence-electron chi connectivity index (χ0n) is 17.3. The summed E-state index contributed by atoms with van der Waals surface area (Å²) < 4.78 is 13.7. The first-order valence-corrected chi connectivity index (χ1v) is 10.4. The molecule has 1 aliphatic heterocycles. The molecular formula is C23H22FN7O. The number of imidazole rings is 1. The second-order valence-corrected chi connectivity index (χ2v) is 7.73. The SMILES string of the molecule is Nc1nc(N2CCN(C(=O)Cc3ccccc3)CC2)c2[nH]c(-c3cccc(F)c3)nc2n1. The number of piperazine rings is 1. The normalized spacial score (nSPS) is 14.2. The number of amides is 1. The fourth-order valence-corrected chi connectivity index (χ4v) is 3.95. The van der Waals surface area contributed by atoms with E-state index in [1.54, 1.807) is 12.1 Å². The molecule has 3 heterocycles. The Morgan fingerprint density at radius 3 is 2.53 bits per heavy atom. The molecule has 1 aliphatic rings. The highest BCUT2D eigenvalue weighted by Gasteiger charge is 2.25. The summed E-state index contributed by atoms with van der Waals surface area (Å²) in [7, 11) is 0. The molecular weight excluding hydrogens is 409 g/mol. The van der Waals surface area contributed by atoms with Crippen molar-refractivity contribution in [2.24, 2.45) is 0 Å². The van der Waals surface area contributed by atoms with Gasteiger partial charge in [0.2, 0.25) is 11.9 Å². The number of nitrogen functional groups attached to an aromatic ring is 1. The van der Waals surface area contributed by atoms with E-state index in [-0.39, 0.29) is 17.7 Å². The topological polar surface area (TPSA) is 104 Å². The summed E-state index contributed by atoms with van der Waals surface area (Å²) >= 11 is 0. The Kier molecular flexibility index (Phi) is 5.14. The summed E-state index contributed by atoms with van der Waals surface area (Å²) in [6.07, 6.45) is 0.392. The largest absolute Gasteiger partial charge is 0.368 e. The summed E-state index contributed by atoms with van der Waals surface area (Å²) in [5.74, 6) is 1.02. The molecule has 0 aliphatic carbocycles. The third-order valence-corrected chi connectivity index (χ3v) is 5.58. The number of nitrogens with zero attached hydrogens (tertiary/aromatic N) is 5. The maximum atomic E-state index is 13.7. The Labute approximate surface area is 183 Å². The molecule has 0 bridgehead atoms. The van der Waals surface area contributed by atoms with Crippen molar-refractivity contribution in [2.75, 3.05) is 36.8 Å². The molecule has 2 aromatic carbocycles. The Morgan fingerprint density at radius 2 is 1.78 bits per heavy atom. The Balaban J connectivity index is 1.35. The van der Waals surface area contributed by atoms with Crippen LogP contribution in [0.2, 0.25) is 0 Å². The van der Waals surface area contributed by atoms with E-state index < -0.39 is 0 Å². The lowest BCUT2D eigenvalue weighted by molar-refractivity contribution is -0.130. The summed E-state index contributed by atoms with van der Waals surface area (Å²) in [4.78, 5) is 33.0. The van der Waals surface area contributed by atoms with Gasteiger partial charge in [-0.1, -0.05) is 42.5 Å². The standard InChI is InChI=1S/C23H22FN7O/c24-17-8-4-7-16(14-17)20-26-19-21(27-20)28-23(25)29-22(19)31-11-9-30(10-12-31)18(32)13-15-5-2-1-3-6-15/h1-8,14H,9-13H2,(H3,25,26,27,28,29). The molecule has 2 aromatic heterocycles. The lowest BCUT2D eigenvalue weighted by Gasteiger charge is -2.35. The predicted octanol–water partition coefficient (Wildman–Crippen LogP) is 2.63. The number of nitrogens with two attached hydrogens (primary N) is 1. The molecule has 1 amide bonds. The lowest BCUT2D eigenvalue weighted by atomic mass is 10.1. The van der Waals surface area contributed by atoms with Crippen molar-refractivity contribution in [2.45, 2.75) is 6.42 Å². The van der Waals surface area contributed by atoms with Crippen LogP contribution in [0.25, 0.3) is 22.6 Å². The third kappa shape index (κ3) is 3.96. The molecule has 4 aromatic rings. The number of carbonyl (C=O) groups excluding carboxylic acids is 1. The monoisotopic (exact) mass is 431 g/mol. The number of hydrogen-bond acceptors (Lipinski definition) is 6. The fourth-order valence-electron chi connectivity index (χ4n) is 3.95. The van der Waals surface area contributed by atoms with Crippen molar-refractivity contribution in [1.29, 1.82) is 0 Å². The average molecular weight is 431 g/mol. The van der Waals surface area contributed by atoms with E-state index in [2.05, 4.69) is 24.8 Å².